The minimum Gasteiger partial charge on any atom is -0.271 e. The predicted octanol–water partition coefficient (Wildman–Crippen LogP) is 5.10. The van der Waals surface area contributed by atoms with Crippen LogP contribution in [0.25, 0.3) is 0 Å². The molecule has 0 bridgehead atoms. The van der Waals surface area contributed by atoms with Gasteiger partial charge in [0.1, 0.15) is 6.54 Å². The number of benzene rings is 3. The molecule has 0 fully saturated rings. The van der Waals surface area contributed by atoms with Crippen LogP contribution in [0.1, 0.15) is 5.56 Å². The van der Waals surface area contributed by atoms with Crippen molar-refractivity contribution in [3.8, 4) is 0 Å². The smallest absolute Gasteiger partial charge is 0.264 e. The quantitative estimate of drug-likeness (QED) is 0.334. The Morgan fingerprint density at radius 2 is 1.61 bits per heavy atom. The van der Waals surface area contributed by atoms with Gasteiger partial charge >= 0.3 is 0 Å². The van der Waals surface area contributed by atoms with Crippen LogP contribution < -0.4 is 9.73 Å². The van der Waals surface area contributed by atoms with Crippen LogP contribution in [-0.2, 0) is 14.8 Å². The number of hydrogen-bond acceptors (Lipinski definition) is 4. The molecule has 3 rings (SSSR count). The average molecular weight is 541 g/mol. The van der Waals surface area contributed by atoms with Gasteiger partial charge in [-0.25, -0.2) is 13.8 Å². The van der Waals surface area contributed by atoms with Gasteiger partial charge in [-0.1, -0.05) is 69.5 Å². The third-order valence-corrected chi connectivity index (χ3v) is 6.78. The molecule has 1 N–H and O–H groups in total. The SMILES string of the molecule is O=C(CN(c1cc(Cl)cc(Cl)c1)S(=O)(=O)c1ccccc1)N/N=C\c1ccc(Br)cc1. The minimum atomic E-state index is -4.07. The predicted molar refractivity (Wildman–Crippen MR) is 127 cm³/mol. The van der Waals surface area contributed by atoms with Gasteiger partial charge < -0.3 is 0 Å². The van der Waals surface area contributed by atoms with Crippen molar-refractivity contribution < 1.29 is 13.2 Å². The summed E-state index contributed by atoms with van der Waals surface area (Å²) < 4.78 is 28.3. The lowest BCUT2D eigenvalue weighted by atomic mass is 10.2. The first-order chi connectivity index (χ1) is 14.8. The molecule has 0 saturated carbocycles. The fourth-order valence-corrected chi connectivity index (χ4v) is 4.82. The van der Waals surface area contributed by atoms with Crippen molar-refractivity contribution >= 4 is 67.0 Å². The third kappa shape index (κ3) is 6.30. The Labute approximate surface area is 198 Å². The maximum absolute atomic E-state index is 13.2. The number of rotatable bonds is 7. The number of nitrogens with one attached hydrogen (secondary N) is 1. The van der Waals surface area contributed by atoms with Gasteiger partial charge in [-0.05, 0) is 48.0 Å². The molecule has 0 aromatic heterocycles. The maximum atomic E-state index is 13.2. The van der Waals surface area contributed by atoms with Crippen LogP contribution in [-0.4, -0.2) is 27.1 Å². The van der Waals surface area contributed by atoms with E-state index < -0.39 is 22.5 Å². The van der Waals surface area contributed by atoms with E-state index in [2.05, 4.69) is 26.5 Å². The lowest BCUT2D eigenvalue weighted by molar-refractivity contribution is -0.119. The number of hydrazone groups is 1. The molecule has 3 aromatic carbocycles. The Kier molecular flexibility index (Phi) is 7.72. The molecule has 160 valence electrons. The first-order valence-electron chi connectivity index (χ1n) is 8.87. The molecule has 0 aliphatic carbocycles. The molecular weight excluding hydrogens is 525 g/mol. The zero-order valence-corrected chi connectivity index (χ0v) is 19.8. The van der Waals surface area contributed by atoms with Gasteiger partial charge in [0.25, 0.3) is 15.9 Å². The van der Waals surface area contributed by atoms with E-state index in [1.165, 1.54) is 36.5 Å². The highest BCUT2D eigenvalue weighted by Crippen LogP contribution is 2.29. The van der Waals surface area contributed by atoms with Crippen molar-refractivity contribution in [2.24, 2.45) is 5.10 Å². The van der Waals surface area contributed by atoms with Gasteiger partial charge in [0.05, 0.1) is 16.8 Å². The summed E-state index contributed by atoms with van der Waals surface area (Å²) in [5, 5.41) is 4.37. The second kappa shape index (κ2) is 10.3. The molecule has 0 atom stereocenters. The van der Waals surface area contributed by atoms with Gasteiger partial charge in [0.2, 0.25) is 0 Å². The maximum Gasteiger partial charge on any atom is 0.264 e. The van der Waals surface area contributed by atoms with Crippen LogP contribution in [0, 0.1) is 0 Å². The second-order valence-electron chi connectivity index (χ2n) is 6.30. The van der Waals surface area contributed by atoms with Crippen molar-refractivity contribution in [1.29, 1.82) is 0 Å². The van der Waals surface area contributed by atoms with Gasteiger partial charge in [0.15, 0.2) is 0 Å². The van der Waals surface area contributed by atoms with E-state index in [-0.39, 0.29) is 20.6 Å². The summed E-state index contributed by atoms with van der Waals surface area (Å²) in [7, 11) is -4.07. The summed E-state index contributed by atoms with van der Waals surface area (Å²) >= 11 is 15.5. The molecule has 0 aliphatic heterocycles. The molecule has 0 radical (unpaired) electrons. The number of anilines is 1. The first kappa shape index (κ1) is 23.3. The van der Waals surface area contributed by atoms with E-state index in [0.717, 1.165) is 14.3 Å². The van der Waals surface area contributed by atoms with Crippen LogP contribution in [0.2, 0.25) is 10.0 Å². The molecule has 0 spiro atoms. The fraction of sp³-hybridized carbons (Fsp3) is 0.0476. The van der Waals surface area contributed by atoms with Crippen LogP contribution in [0.15, 0.2) is 87.3 Å². The molecule has 3 aromatic rings. The third-order valence-electron chi connectivity index (χ3n) is 4.03. The molecule has 0 aliphatic rings. The molecular formula is C21H16BrCl2N3O3S. The molecule has 1 amide bonds. The zero-order chi connectivity index (χ0) is 22.4. The molecule has 6 nitrogen and oxygen atoms in total. The number of hydrogen-bond donors (Lipinski definition) is 1. The van der Waals surface area contributed by atoms with Crippen LogP contribution in [0.4, 0.5) is 5.69 Å². The van der Waals surface area contributed by atoms with E-state index in [4.69, 9.17) is 23.2 Å². The van der Waals surface area contributed by atoms with Gasteiger partial charge in [-0.15, -0.1) is 0 Å². The summed E-state index contributed by atoms with van der Waals surface area (Å²) in [6.45, 7) is -0.522. The van der Waals surface area contributed by atoms with Crippen LogP contribution in [0.3, 0.4) is 0 Å². The van der Waals surface area contributed by atoms with E-state index in [1.54, 1.807) is 30.3 Å². The minimum absolute atomic E-state index is 0.0252. The Balaban J connectivity index is 1.86. The van der Waals surface area contributed by atoms with E-state index in [0.29, 0.717) is 0 Å². The van der Waals surface area contributed by atoms with Crippen molar-refractivity contribution in [2.75, 3.05) is 10.8 Å². The van der Waals surface area contributed by atoms with Crippen molar-refractivity contribution in [3.05, 3.63) is 92.9 Å². The number of amides is 1. The Morgan fingerprint density at radius 3 is 2.23 bits per heavy atom. The summed E-state index contributed by atoms with van der Waals surface area (Å²) in [5.41, 5.74) is 3.27. The zero-order valence-electron chi connectivity index (χ0n) is 15.9. The van der Waals surface area contributed by atoms with E-state index in [9.17, 15) is 13.2 Å². The molecule has 0 saturated heterocycles. The monoisotopic (exact) mass is 539 g/mol. The molecule has 0 unspecified atom stereocenters. The Bertz CT molecular complexity index is 1180. The topological polar surface area (TPSA) is 78.8 Å². The lowest BCUT2D eigenvalue weighted by Gasteiger charge is -2.24. The number of carbonyl (C=O) groups is 1. The number of nitrogens with zero attached hydrogens (tertiary/aromatic N) is 2. The largest absolute Gasteiger partial charge is 0.271 e. The summed E-state index contributed by atoms with van der Waals surface area (Å²) in [6, 6.07) is 19.4. The lowest BCUT2D eigenvalue weighted by Crippen LogP contribution is -2.39. The second-order valence-corrected chi connectivity index (χ2v) is 9.95. The van der Waals surface area contributed by atoms with Gasteiger partial charge in [0, 0.05) is 14.5 Å². The summed E-state index contributed by atoms with van der Waals surface area (Å²) in [5.74, 6) is -0.635. The van der Waals surface area contributed by atoms with Crippen LogP contribution >= 0.6 is 39.1 Å². The highest BCUT2D eigenvalue weighted by molar-refractivity contribution is 9.10. The number of carbonyl (C=O) groups excluding carboxylic acids is 1. The van der Waals surface area contributed by atoms with Crippen LogP contribution in [0.5, 0.6) is 0 Å². The fourth-order valence-electron chi connectivity index (χ4n) is 2.61. The molecule has 31 heavy (non-hydrogen) atoms. The highest BCUT2D eigenvalue weighted by atomic mass is 79.9. The Hall–Kier alpha value is -2.39. The molecule has 0 heterocycles. The average Bonchev–Trinajstić information content (AvgIpc) is 2.73. The first-order valence-corrected chi connectivity index (χ1v) is 11.9. The van der Waals surface area contributed by atoms with E-state index >= 15 is 0 Å². The van der Waals surface area contributed by atoms with Crippen molar-refractivity contribution in [2.45, 2.75) is 4.90 Å². The standard InChI is InChI=1S/C21H16BrCl2N3O3S/c22-16-8-6-15(7-9-16)13-25-26-21(28)14-27(19-11-17(23)10-18(24)12-19)31(29,30)20-4-2-1-3-5-20/h1-13H,14H2,(H,26,28)/b25-13-. The Morgan fingerprint density at radius 1 is 1.00 bits per heavy atom. The van der Waals surface area contributed by atoms with Crippen molar-refractivity contribution in [1.82, 2.24) is 5.43 Å². The number of halogens is 3. The van der Waals surface area contributed by atoms with E-state index in [1.807, 2.05) is 12.1 Å². The normalized spacial score (nSPS) is 11.5. The van der Waals surface area contributed by atoms with Crippen molar-refractivity contribution in [3.63, 3.8) is 0 Å². The molecule has 10 heteroatoms. The number of sulfonamides is 1. The summed E-state index contributed by atoms with van der Waals surface area (Å²) in [6.07, 6.45) is 1.45. The highest BCUT2D eigenvalue weighted by Gasteiger charge is 2.27. The summed E-state index contributed by atoms with van der Waals surface area (Å²) in [4.78, 5) is 12.5. The van der Waals surface area contributed by atoms with Gasteiger partial charge in [-0.2, -0.15) is 5.10 Å². The van der Waals surface area contributed by atoms with Gasteiger partial charge in [-0.3, -0.25) is 9.10 Å².